The van der Waals surface area contributed by atoms with Gasteiger partial charge < -0.3 is 19.6 Å². The highest BCUT2D eigenvalue weighted by molar-refractivity contribution is 6.10. The van der Waals surface area contributed by atoms with Crippen molar-refractivity contribution >= 4 is 28.3 Å². The maximum absolute atomic E-state index is 13.5. The van der Waals surface area contributed by atoms with Gasteiger partial charge in [-0.05, 0) is 36.8 Å². The van der Waals surface area contributed by atoms with Crippen LogP contribution in [0.1, 0.15) is 29.6 Å². The number of amides is 1. The van der Waals surface area contributed by atoms with Gasteiger partial charge in [0.15, 0.2) is 0 Å². The SMILES string of the molecule is COCCN1CCC12CCCN(C(=O)c1ccc(N(C)C)c3ccccc13)C2.O=C(O)C(F)(F)F. The van der Waals surface area contributed by atoms with Crippen LogP contribution in [0.5, 0.6) is 0 Å². The summed E-state index contributed by atoms with van der Waals surface area (Å²) in [7, 11) is 5.84. The molecule has 0 saturated carbocycles. The van der Waals surface area contributed by atoms with Crippen molar-refractivity contribution in [2.75, 3.05) is 58.9 Å². The van der Waals surface area contributed by atoms with E-state index in [0.717, 1.165) is 61.2 Å². The summed E-state index contributed by atoms with van der Waals surface area (Å²) in [5, 5.41) is 9.30. The number of piperidine rings is 1. The summed E-state index contributed by atoms with van der Waals surface area (Å²) in [5.41, 5.74) is 2.12. The standard InChI is InChI=1S/C23H31N3O2.C2HF3O2/c1-24(2)21-10-9-20(18-7-4-5-8-19(18)21)22(27)25-13-6-11-23(17-25)12-14-26(23)15-16-28-3;3-2(4,5)1(6)7/h4-5,7-10H,6,11-17H2,1-3H3;(H,6,7). The third kappa shape index (κ3) is 5.87. The fourth-order valence-electron chi connectivity index (χ4n) is 4.91. The van der Waals surface area contributed by atoms with E-state index in [9.17, 15) is 18.0 Å². The molecule has 1 unspecified atom stereocenters. The van der Waals surface area contributed by atoms with E-state index in [1.807, 2.05) is 32.3 Å². The van der Waals surface area contributed by atoms with Crippen molar-refractivity contribution in [3.05, 3.63) is 42.0 Å². The molecule has 7 nitrogen and oxygen atoms in total. The fourth-order valence-corrected chi connectivity index (χ4v) is 4.91. The number of rotatable bonds is 5. The van der Waals surface area contributed by atoms with Gasteiger partial charge in [0.1, 0.15) is 0 Å². The van der Waals surface area contributed by atoms with E-state index < -0.39 is 12.1 Å². The molecule has 0 bridgehead atoms. The molecule has 1 atom stereocenters. The predicted molar refractivity (Wildman–Crippen MR) is 128 cm³/mol. The Morgan fingerprint density at radius 3 is 2.29 bits per heavy atom. The lowest BCUT2D eigenvalue weighted by molar-refractivity contribution is -0.192. The molecule has 1 amide bonds. The smallest absolute Gasteiger partial charge is 0.475 e. The Labute approximate surface area is 203 Å². The summed E-state index contributed by atoms with van der Waals surface area (Å²) in [5.74, 6) is -2.59. The normalized spacial score (nSPS) is 20.2. The number of aliphatic carboxylic acids is 1. The number of carboxylic acid groups (broad SMARTS) is 1. The summed E-state index contributed by atoms with van der Waals surface area (Å²) in [6, 6.07) is 12.3. The summed E-state index contributed by atoms with van der Waals surface area (Å²) < 4.78 is 37.0. The molecule has 2 aliphatic heterocycles. The van der Waals surface area contributed by atoms with Crippen molar-refractivity contribution in [3.8, 4) is 0 Å². The molecule has 0 radical (unpaired) electrons. The Balaban J connectivity index is 0.000000429. The zero-order chi connectivity index (χ0) is 25.8. The quantitative estimate of drug-likeness (QED) is 0.679. The minimum atomic E-state index is -5.08. The number of fused-ring (bicyclic) bond motifs is 1. The highest BCUT2D eigenvalue weighted by atomic mass is 19.4. The fraction of sp³-hybridized carbons (Fsp3) is 0.520. The van der Waals surface area contributed by atoms with Gasteiger partial charge in [-0.3, -0.25) is 9.69 Å². The molecule has 192 valence electrons. The van der Waals surface area contributed by atoms with Gasteiger partial charge in [-0.2, -0.15) is 13.2 Å². The Morgan fingerprint density at radius 2 is 1.74 bits per heavy atom. The van der Waals surface area contributed by atoms with Crippen LogP contribution in [0.25, 0.3) is 10.8 Å². The van der Waals surface area contributed by atoms with Crippen molar-refractivity contribution in [3.63, 3.8) is 0 Å². The molecule has 2 saturated heterocycles. The van der Waals surface area contributed by atoms with E-state index in [0.29, 0.717) is 0 Å². The molecular weight excluding hydrogens is 463 g/mol. The van der Waals surface area contributed by atoms with Crippen LogP contribution in [0.2, 0.25) is 0 Å². The third-order valence-electron chi connectivity index (χ3n) is 6.78. The van der Waals surface area contributed by atoms with Crippen molar-refractivity contribution < 1.29 is 32.6 Å². The van der Waals surface area contributed by atoms with Crippen LogP contribution < -0.4 is 4.90 Å². The lowest BCUT2D eigenvalue weighted by Crippen LogP contribution is -2.67. The van der Waals surface area contributed by atoms with Gasteiger partial charge in [-0.1, -0.05) is 24.3 Å². The number of hydrogen-bond donors (Lipinski definition) is 1. The van der Waals surface area contributed by atoms with Gasteiger partial charge in [0, 0.05) is 69.6 Å². The van der Waals surface area contributed by atoms with Gasteiger partial charge in [-0.25, -0.2) is 4.79 Å². The van der Waals surface area contributed by atoms with E-state index >= 15 is 0 Å². The van der Waals surface area contributed by atoms with Crippen LogP contribution in [0.4, 0.5) is 18.9 Å². The van der Waals surface area contributed by atoms with Crippen LogP contribution in [0.3, 0.4) is 0 Å². The third-order valence-corrected chi connectivity index (χ3v) is 6.78. The predicted octanol–water partition coefficient (Wildman–Crippen LogP) is 3.87. The van der Waals surface area contributed by atoms with Crippen LogP contribution >= 0.6 is 0 Å². The molecule has 1 N–H and O–H groups in total. The minimum absolute atomic E-state index is 0.159. The molecule has 2 heterocycles. The van der Waals surface area contributed by atoms with Crippen LogP contribution in [0, 0.1) is 0 Å². The highest BCUT2D eigenvalue weighted by Gasteiger charge is 2.47. The van der Waals surface area contributed by atoms with Crippen molar-refractivity contribution in [1.29, 1.82) is 0 Å². The molecule has 0 aliphatic carbocycles. The maximum Gasteiger partial charge on any atom is 0.490 e. The molecule has 0 aromatic heterocycles. The van der Waals surface area contributed by atoms with Gasteiger partial charge >= 0.3 is 12.1 Å². The van der Waals surface area contributed by atoms with Gasteiger partial charge in [-0.15, -0.1) is 0 Å². The first-order chi connectivity index (χ1) is 16.5. The number of anilines is 1. The number of benzene rings is 2. The molecule has 2 aliphatic rings. The molecule has 35 heavy (non-hydrogen) atoms. The van der Waals surface area contributed by atoms with Gasteiger partial charge in [0.2, 0.25) is 0 Å². The average Bonchev–Trinajstić information content (AvgIpc) is 2.82. The number of alkyl halides is 3. The molecule has 4 rings (SSSR count). The van der Waals surface area contributed by atoms with Crippen molar-refractivity contribution in [2.24, 2.45) is 0 Å². The molecule has 2 fully saturated rings. The zero-order valence-corrected chi connectivity index (χ0v) is 20.3. The number of hydrogen-bond acceptors (Lipinski definition) is 5. The Bertz CT molecular complexity index is 1060. The van der Waals surface area contributed by atoms with E-state index in [1.54, 1.807) is 7.11 Å². The second-order valence-electron chi connectivity index (χ2n) is 9.16. The number of halogens is 3. The molecule has 2 aromatic rings. The Kier molecular flexibility index (Phi) is 8.27. The largest absolute Gasteiger partial charge is 0.490 e. The summed E-state index contributed by atoms with van der Waals surface area (Å²) in [6.45, 7) is 4.51. The van der Waals surface area contributed by atoms with E-state index in [4.69, 9.17) is 14.6 Å². The minimum Gasteiger partial charge on any atom is -0.475 e. The monoisotopic (exact) mass is 495 g/mol. The van der Waals surface area contributed by atoms with Gasteiger partial charge in [0.25, 0.3) is 5.91 Å². The van der Waals surface area contributed by atoms with Crippen LogP contribution in [0.15, 0.2) is 36.4 Å². The van der Waals surface area contributed by atoms with Crippen molar-refractivity contribution in [1.82, 2.24) is 9.80 Å². The molecule has 10 heteroatoms. The number of nitrogens with zero attached hydrogens (tertiary/aromatic N) is 3. The van der Waals surface area contributed by atoms with E-state index in [1.165, 1.54) is 12.8 Å². The van der Waals surface area contributed by atoms with Crippen LogP contribution in [-0.4, -0.2) is 92.5 Å². The summed E-state index contributed by atoms with van der Waals surface area (Å²) in [4.78, 5) is 29.1. The second-order valence-corrected chi connectivity index (χ2v) is 9.16. The number of carbonyl (C=O) groups excluding carboxylic acids is 1. The second kappa shape index (κ2) is 10.8. The zero-order valence-electron chi connectivity index (χ0n) is 20.3. The Morgan fingerprint density at radius 1 is 1.09 bits per heavy atom. The number of methoxy groups -OCH3 is 1. The summed E-state index contributed by atoms with van der Waals surface area (Å²) >= 11 is 0. The first-order valence-corrected chi connectivity index (χ1v) is 11.5. The first kappa shape index (κ1) is 26.7. The molecular formula is C25H32F3N3O4. The number of ether oxygens (including phenoxy) is 1. The highest BCUT2D eigenvalue weighted by Crippen LogP contribution is 2.39. The maximum atomic E-state index is 13.5. The summed E-state index contributed by atoms with van der Waals surface area (Å²) in [6.07, 6.45) is -1.65. The Hall–Kier alpha value is -2.85. The number of carbonyl (C=O) groups is 2. The molecule has 1 spiro atoms. The van der Waals surface area contributed by atoms with Crippen molar-refractivity contribution in [2.45, 2.75) is 31.0 Å². The van der Waals surface area contributed by atoms with E-state index in [2.05, 4.69) is 32.9 Å². The topological polar surface area (TPSA) is 73.3 Å². The van der Waals surface area contributed by atoms with E-state index in [-0.39, 0.29) is 11.4 Å². The van der Waals surface area contributed by atoms with Gasteiger partial charge in [0.05, 0.1) is 6.61 Å². The number of carboxylic acids is 1. The number of likely N-dealkylation sites (tertiary alicyclic amines) is 2. The van der Waals surface area contributed by atoms with Crippen LogP contribution in [-0.2, 0) is 9.53 Å². The lowest BCUT2D eigenvalue weighted by atomic mass is 9.77. The first-order valence-electron chi connectivity index (χ1n) is 11.5. The molecule has 2 aromatic carbocycles. The average molecular weight is 496 g/mol. The lowest BCUT2D eigenvalue weighted by Gasteiger charge is -2.57.